The van der Waals surface area contributed by atoms with Crippen LogP contribution in [-0.4, -0.2) is 45.5 Å². The zero-order chi connectivity index (χ0) is 18.9. The van der Waals surface area contributed by atoms with Crippen LogP contribution in [0.15, 0.2) is 43.0 Å². The number of hydrogen-bond donors (Lipinski definition) is 1. The molecule has 1 fully saturated rings. The van der Waals surface area contributed by atoms with Gasteiger partial charge in [0.15, 0.2) is 0 Å². The number of imidazole rings is 1. The molecule has 2 aliphatic rings. The number of carbonyl (C=O) groups is 2. The van der Waals surface area contributed by atoms with Gasteiger partial charge in [0.25, 0.3) is 0 Å². The number of carbonyl (C=O) groups excluding carboxylic acids is 2. The van der Waals surface area contributed by atoms with Crippen molar-refractivity contribution in [3.63, 3.8) is 0 Å². The lowest BCUT2D eigenvalue weighted by molar-refractivity contribution is -0.129. The minimum atomic E-state index is -0.429. The zero-order valence-electron chi connectivity index (χ0n) is 15.4. The van der Waals surface area contributed by atoms with Gasteiger partial charge in [-0.05, 0) is 12.5 Å². The molecule has 1 aromatic heterocycles. The van der Waals surface area contributed by atoms with E-state index in [1.165, 1.54) is 0 Å². The van der Waals surface area contributed by atoms with Crippen LogP contribution in [0.1, 0.15) is 37.3 Å². The number of ether oxygens (including phenoxy) is 1. The normalized spacial score (nSPS) is 24.9. The molecule has 27 heavy (non-hydrogen) atoms. The van der Waals surface area contributed by atoms with E-state index in [2.05, 4.69) is 10.3 Å². The molecular formula is C20H24N4O3. The number of nitrogens with one attached hydrogen (secondary N) is 1. The fourth-order valence-electron chi connectivity index (χ4n) is 3.99. The van der Waals surface area contributed by atoms with Crippen LogP contribution in [0.4, 0.5) is 0 Å². The van der Waals surface area contributed by atoms with Crippen molar-refractivity contribution in [3.05, 3.63) is 48.5 Å². The number of fused-ring (bicyclic) bond motifs is 1. The standard InChI is InChI=1S/C20H24N4O3/c1-23-10-8-20(7-6-19(23)26)12-16(15-4-2-3-5-17(15)27-20)22-18(25)13-24-11-9-21-14-24/h2-5,9,11,14,16H,6-8,10,12-13H2,1H3,(H,22,25). The van der Waals surface area contributed by atoms with Gasteiger partial charge in [0.1, 0.15) is 17.9 Å². The van der Waals surface area contributed by atoms with Crippen molar-refractivity contribution in [3.8, 4) is 5.75 Å². The lowest BCUT2D eigenvalue weighted by Crippen LogP contribution is -2.46. The molecule has 3 heterocycles. The van der Waals surface area contributed by atoms with Gasteiger partial charge in [-0.1, -0.05) is 18.2 Å². The molecule has 2 aliphatic heterocycles. The van der Waals surface area contributed by atoms with Crippen LogP contribution in [0.3, 0.4) is 0 Å². The Hall–Kier alpha value is -2.83. The fraction of sp³-hybridized carbons (Fsp3) is 0.450. The number of amides is 2. The van der Waals surface area contributed by atoms with Crippen molar-refractivity contribution in [2.45, 2.75) is 43.9 Å². The average Bonchev–Trinajstić information content (AvgIpc) is 3.12. The first-order valence-electron chi connectivity index (χ1n) is 9.32. The molecule has 4 rings (SSSR count). The van der Waals surface area contributed by atoms with Crippen molar-refractivity contribution < 1.29 is 14.3 Å². The maximum Gasteiger partial charge on any atom is 0.240 e. The SMILES string of the molecule is CN1CCC2(CCC1=O)CC(NC(=O)Cn1ccnc1)c1ccccc1O2. The van der Waals surface area contributed by atoms with Crippen molar-refractivity contribution in [1.29, 1.82) is 0 Å². The lowest BCUT2D eigenvalue weighted by Gasteiger charge is -2.42. The average molecular weight is 368 g/mol. The fourth-order valence-corrected chi connectivity index (χ4v) is 3.99. The van der Waals surface area contributed by atoms with Gasteiger partial charge in [0, 0.05) is 50.8 Å². The third-order valence-electron chi connectivity index (χ3n) is 5.54. The molecule has 0 radical (unpaired) electrons. The molecule has 0 saturated carbocycles. The van der Waals surface area contributed by atoms with Crippen molar-refractivity contribution >= 4 is 11.8 Å². The van der Waals surface area contributed by atoms with E-state index in [-0.39, 0.29) is 24.4 Å². The van der Waals surface area contributed by atoms with Gasteiger partial charge in [0.05, 0.1) is 12.4 Å². The van der Waals surface area contributed by atoms with Crippen LogP contribution in [-0.2, 0) is 16.1 Å². The highest BCUT2D eigenvalue weighted by atomic mass is 16.5. The Bertz CT molecular complexity index is 836. The number of nitrogens with zero attached hydrogens (tertiary/aromatic N) is 3. The van der Waals surface area contributed by atoms with Gasteiger partial charge in [-0.15, -0.1) is 0 Å². The van der Waals surface area contributed by atoms with Gasteiger partial charge in [-0.25, -0.2) is 4.98 Å². The molecule has 2 aromatic rings. The Morgan fingerprint density at radius 1 is 1.37 bits per heavy atom. The third kappa shape index (κ3) is 3.67. The van der Waals surface area contributed by atoms with Crippen LogP contribution >= 0.6 is 0 Å². The molecular weight excluding hydrogens is 344 g/mol. The monoisotopic (exact) mass is 368 g/mol. The smallest absolute Gasteiger partial charge is 0.240 e. The molecule has 0 bridgehead atoms. The van der Waals surface area contributed by atoms with Crippen LogP contribution in [0.2, 0.25) is 0 Å². The molecule has 142 valence electrons. The Labute approximate surface area is 158 Å². The summed E-state index contributed by atoms with van der Waals surface area (Å²) in [4.78, 5) is 30.4. The largest absolute Gasteiger partial charge is 0.487 e. The second-order valence-corrected chi connectivity index (χ2v) is 7.45. The molecule has 1 aromatic carbocycles. The van der Waals surface area contributed by atoms with E-state index in [4.69, 9.17) is 4.74 Å². The second-order valence-electron chi connectivity index (χ2n) is 7.45. The summed E-state index contributed by atoms with van der Waals surface area (Å²) in [6.07, 6.45) is 7.62. The highest BCUT2D eigenvalue weighted by molar-refractivity contribution is 5.77. The Morgan fingerprint density at radius 3 is 3.04 bits per heavy atom. The Balaban J connectivity index is 1.56. The summed E-state index contributed by atoms with van der Waals surface area (Å²) in [7, 11) is 1.84. The van der Waals surface area contributed by atoms with Crippen molar-refractivity contribution in [1.82, 2.24) is 19.8 Å². The highest BCUT2D eigenvalue weighted by Gasteiger charge is 2.43. The summed E-state index contributed by atoms with van der Waals surface area (Å²) in [6, 6.07) is 7.71. The Morgan fingerprint density at radius 2 is 2.22 bits per heavy atom. The van der Waals surface area contributed by atoms with Crippen LogP contribution < -0.4 is 10.1 Å². The molecule has 2 amide bonds. The van der Waals surface area contributed by atoms with E-state index in [0.717, 1.165) is 17.7 Å². The minimum Gasteiger partial charge on any atom is -0.487 e. The molecule has 1 saturated heterocycles. The molecule has 2 unspecified atom stereocenters. The summed E-state index contributed by atoms with van der Waals surface area (Å²) in [6.45, 7) is 0.893. The van der Waals surface area contributed by atoms with E-state index in [0.29, 0.717) is 25.8 Å². The predicted molar refractivity (Wildman–Crippen MR) is 99.0 cm³/mol. The first-order chi connectivity index (χ1) is 13.0. The molecule has 2 atom stereocenters. The van der Waals surface area contributed by atoms with Crippen molar-refractivity contribution in [2.24, 2.45) is 0 Å². The number of likely N-dealkylation sites (tertiary alicyclic amines) is 1. The lowest BCUT2D eigenvalue weighted by atomic mass is 9.82. The maximum atomic E-state index is 12.6. The molecule has 1 spiro atoms. The zero-order valence-corrected chi connectivity index (χ0v) is 15.4. The maximum absolute atomic E-state index is 12.6. The van der Waals surface area contributed by atoms with E-state index in [9.17, 15) is 9.59 Å². The third-order valence-corrected chi connectivity index (χ3v) is 5.54. The van der Waals surface area contributed by atoms with E-state index < -0.39 is 5.60 Å². The molecule has 7 heteroatoms. The first kappa shape index (κ1) is 17.6. The van der Waals surface area contributed by atoms with E-state index in [1.54, 1.807) is 28.2 Å². The minimum absolute atomic E-state index is 0.0633. The molecule has 1 N–H and O–H groups in total. The topological polar surface area (TPSA) is 76.5 Å². The van der Waals surface area contributed by atoms with Gasteiger partial charge in [-0.2, -0.15) is 0 Å². The predicted octanol–water partition coefficient (Wildman–Crippen LogP) is 1.90. The van der Waals surface area contributed by atoms with Gasteiger partial charge in [-0.3, -0.25) is 9.59 Å². The van der Waals surface area contributed by atoms with Crippen LogP contribution in [0, 0.1) is 0 Å². The molecule has 7 nitrogen and oxygen atoms in total. The summed E-state index contributed by atoms with van der Waals surface area (Å²) >= 11 is 0. The summed E-state index contributed by atoms with van der Waals surface area (Å²) < 4.78 is 8.15. The highest BCUT2D eigenvalue weighted by Crippen LogP contribution is 2.44. The van der Waals surface area contributed by atoms with Crippen molar-refractivity contribution in [2.75, 3.05) is 13.6 Å². The summed E-state index contributed by atoms with van der Waals surface area (Å²) in [5.74, 6) is 0.885. The van der Waals surface area contributed by atoms with E-state index >= 15 is 0 Å². The quantitative estimate of drug-likeness (QED) is 0.898. The van der Waals surface area contributed by atoms with Crippen LogP contribution in [0.5, 0.6) is 5.75 Å². The van der Waals surface area contributed by atoms with Crippen LogP contribution in [0.25, 0.3) is 0 Å². The number of para-hydroxylation sites is 1. The second kappa shape index (κ2) is 7.06. The number of benzene rings is 1. The first-order valence-corrected chi connectivity index (χ1v) is 9.32. The summed E-state index contributed by atoms with van der Waals surface area (Å²) in [5, 5.41) is 3.16. The van der Waals surface area contributed by atoms with Gasteiger partial charge >= 0.3 is 0 Å². The number of rotatable bonds is 3. The Kier molecular flexibility index (Phi) is 4.59. The number of aromatic nitrogens is 2. The molecule has 0 aliphatic carbocycles. The number of hydrogen-bond acceptors (Lipinski definition) is 4. The van der Waals surface area contributed by atoms with Gasteiger partial charge < -0.3 is 19.5 Å². The van der Waals surface area contributed by atoms with E-state index in [1.807, 2.05) is 31.3 Å². The summed E-state index contributed by atoms with van der Waals surface area (Å²) in [5.41, 5.74) is 0.563. The van der Waals surface area contributed by atoms with Gasteiger partial charge in [0.2, 0.25) is 11.8 Å².